The van der Waals surface area contributed by atoms with Crippen LogP contribution in [0.15, 0.2) is 52.4 Å². The molecule has 0 spiro atoms. The van der Waals surface area contributed by atoms with E-state index in [4.69, 9.17) is 4.74 Å². The van der Waals surface area contributed by atoms with Crippen molar-refractivity contribution in [3.8, 4) is 5.75 Å². The Hall–Kier alpha value is -2.14. The lowest BCUT2D eigenvalue weighted by Gasteiger charge is -2.21. The second-order valence-corrected chi connectivity index (χ2v) is 11.8. The van der Waals surface area contributed by atoms with Crippen LogP contribution in [0.4, 0.5) is 0 Å². The Morgan fingerprint density at radius 3 is 2.70 bits per heavy atom. The zero-order valence-corrected chi connectivity index (χ0v) is 21.3. The molecule has 0 saturated carbocycles. The number of hydrogen-bond acceptors (Lipinski definition) is 6. The van der Waals surface area contributed by atoms with Crippen LogP contribution in [-0.4, -0.2) is 54.9 Å². The molecule has 1 fully saturated rings. The molecule has 1 saturated heterocycles. The number of benzene rings is 2. The number of thiazole rings is 1. The Bertz CT molecular complexity index is 1330. The smallest absolute Gasteiger partial charge is 0.266 e. The Balaban J connectivity index is 1.71. The first-order valence-electron chi connectivity index (χ1n) is 10.7. The van der Waals surface area contributed by atoms with E-state index < -0.39 is 22.0 Å². The minimum atomic E-state index is -3.77. The average Bonchev–Trinajstić information content (AvgIpc) is 3.43. The van der Waals surface area contributed by atoms with Gasteiger partial charge in [0.1, 0.15) is 11.8 Å². The first-order valence-corrected chi connectivity index (χ1v) is 14.3. The van der Waals surface area contributed by atoms with E-state index in [1.165, 1.54) is 15.6 Å². The summed E-state index contributed by atoms with van der Waals surface area (Å²) in [6.45, 7) is 2.93. The Morgan fingerprint density at radius 1 is 1.24 bits per heavy atom. The fraction of sp³-hybridized carbons (Fsp3) is 0.391. The van der Waals surface area contributed by atoms with E-state index in [0.29, 0.717) is 30.7 Å². The molecule has 1 atom stereocenters. The number of carbonyl (C=O) groups is 1. The van der Waals surface area contributed by atoms with Gasteiger partial charge < -0.3 is 9.30 Å². The highest BCUT2D eigenvalue weighted by molar-refractivity contribution is 7.98. The van der Waals surface area contributed by atoms with Crippen LogP contribution in [-0.2, 0) is 21.4 Å². The topological polar surface area (TPSA) is 81.0 Å². The fourth-order valence-corrected chi connectivity index (χ4v) is 7.06. The number of sulfonamides is 1. The third-order valence-electron chi connectivity index (χ3n) is 5.73. The van der Waals surface area contributed by atoms with Gasteiger partial charge >= 0.3 is 0 Å². The van der Waals surface area contributed by atoms with Crippen molar-refractivity contribution < 1.29 is 17.9 Å². The van der Waals surface area contributed by atoms with E-state index in [0.717, 1.165) is 27.3 Å². The first kappa shape index (κ1) is 24.0. The molecule has 0 aliphatic carbocycles. The number of aryl methyl sites for hydroxylation is 2. The van der Waals surface area contributed by atoms with E-state index >= 15 is 0 Å². The first-order chi connectivity index (χ1) is 15.8. The monoisotopic (exact) mass is 505 g/mol. The van der Waals surface area contributed by atoms with Gasteiger partial charge in [-0.1, -0.05) is 29.0 Å². The van der Waals surface area contributed by atoms with Crippen LogP contribution in [0.25, 0.3) is 10.2 Å². The number of hydrogen-bond donors (Lipinski definition) is 0. The zero-order valence-electron chi connectivity index (χ0n) is 18.9. The summed E-state index contributed by atoms with van der Waals surface area (Å²) in [5.74, 6) is 1.20. The molecule has 176 valence electrons. The summed E-state index contributed by atoms with van der Waals surface area (Å²) in [6.07, 6.45) is 3.14. The van der Waals surface area contributed by atoms with Gasteiger partial charge in [0.15, 0.2) is 4.80 Å². The van der Waals surface area contributed by atoms with Crippen LogP contribution in [0.3, 0.4) is 0 Å². The SMILES string of the molecule is COc1ccc2c(c1)sc(=NC(=O)C1CCCN1S(=O)(=O)c1ccc(C)cc1)n2CCSC. The zero-order chi connectivity index (χ0) is 23.6. The third kappa shape index (κ3) is 4.89. The van der Waals surface area contributed by atoms with Gasteiger partial charge in [0.25, 0.3) is 5.91 Å². The molecule has 0 N–H and O–H groups in total. The number of amides is 1. The lowest BCUT2D eigenvalue weighted by molar-refractivity contribution is -0.121. The van der Waals surface area contributed by atoms with E-state index in [1.807, 2.05) is 35.9 Å². The molecule has 1 amide bonds. The summed E-state index contributed by atoms with van der Waals surface area (Å²) in [4.78, 5) is 18.5. The quantitative estimate of drug-likeness (QED) is 0.490. The summed E-state index contributed by atoms with van der Waals surface area (Å²) in [7, 11) is -2.15. The molecule has 3 aromatic rings. The van der Waals surface area contributed by atoms with Gasteiger partial charge in [-0.3, -0.25) is 4.79 Å². The van der Waals surface area contributed by atoms with Crippen LogP contribution < -0.4 is 9.54 Å². The van der Waals surface area contributed by atoms with Crippen molar-refractivity contribution in [1.82, 2.24) is 8.87 Å². The highest BCUT2D eigenvalue weighted by Crippen LogP contribution is 2.28. The molecule has 0 bridgehead atoms. The van der Waals surface area contributed by atoms with Gasteiger partial charge in [0, 0.05) is 18.8 Å². The van der Waals surface area contributed by atoms with Gasteiger partial charge in [-0.15, -0.1) is 0 Å². The maximum Gasteiger partial charge on any atom is 0.266 e. The number of aromatic nitrogens is 1. The molecular formula is C23H27N3O4S3. The van der Waals surface area contributed by atoms with Crippen molar-refractivity contribution in [3.63, 3.8) is 0 Å². The number of nitrogens with zero attached hydrogens (tertiary/aromatic N) is 3. The molecule has 0 radical (unpaired) electrons. The van der Waals surface area contributed by atoms with Crippen molar-refractivity contribution >= 4 is 49.2 Å². The van der Waals surface area contributed by atoms with Gasteiger partial charge in [-0.2, -0.15) is 21.1 Å². The van der Waals surface area contributed by atoms with Gasteiger partial charge in [-0.05, 0) is 56.4 Å². The Morgan fingerprint density at radius 2 is 2.00 bits per heavy atom. The number of methoxy groups -OCH3 is 1. The molecule has 1 aliphatic rings. The van der Waals surface area contributed by atoms with E-state index in [2.05, 4.69) is 4.99 Å². The normalized spacial score (nSPS) is 17.7. The van der Waals surface area contributed by atoms with Crippen molar-refractivity contribution in [3.05, 3.63) is 52.8 Å². The summed E-state index contributed by atoms with van der Waals surface area (Å²) < 4.78 is 36.1. The van der Waals surface area contributed by atoms with E-state index in [1.54, 1.807) is 43.1 Å². The number of carbonyl (C=O) groups excluding carboxylic acids is 1. The number of thioether (sulfide) groups is 1. The fourth-order valence-electron chi connectivity index (χ4n) is 3.95. The molecular weight excluding hydrogens is 478 g/mol. The Labute approximate surface area is 202 Å². The van der Waals surface area contributed by atoms with Crippen molar-refractivity contribution in [2.24, 2.45) is 4.99 Å². The highest BCUT2D eigenvalue weighted by atomic mass is 32.2. The molecule has 7 nitrogen and oxygen atoms in total. The highest BCUT2D eigenvalue weighted by Gasteiger charge is 2.39. The summed E-state index contributed by atoms with van der Waals surface area (Å²) in [6, 6.07) is 11.7. The van der Waals surface area contributed by atoms with Crippen LogP contribution in [0.5, 0.6) is 5.75 Å². The lowest BCUT2D eigenvalue weighted by atomic mass is 10.2. The second kappa shape index (κ2) is 10.0. The number of rotatable bonds is 7. The van der Waals surface area contributed by atoms with Crippen molar-refractivity contribution in [2.75, 3.05) is 25.7 Å². The van der Waals surface area contributed by atoms with Crippen LogP contribution in [0.2, 0.25) is 0 Å². The van der Waals surface area contributed by atoms with E-state index in [-0.39, 0.29) is 4.90 Å². The molecule has 33 heavy (non-hydrogen) atoms. The Kier molecular flexibility index (Phi) is 7.28. The standard InChI is InChI=1S/C23H27N3O4S3/c1-16-6-9-18(10-7-16)33(28,29)26-12-4-5-20(26)22(27)24-23-25(13-14-31-3)19-11-8-17(30-2)15-21(19)32-23/h6-11,15,20H,4-5,12-14H2,1-3H3. The maximum atomic E-state index is 13.3. The minimum Gasteiger partial charge on any atom is -0.497 e. The molecule has 2 aromatic carbocycles. The summed E-state index contributed by atoms with van der Waals surface area (Å²) in [5, 5.41) is 0. The van der Waals surface area contributed by atoms with Crippen LogP contribution in [0.1, 0.15) is 18.4 Å². The third-order valence-corrected chi connectivity index (χ3v) is 9.29. The van der Waals surface area contributed by atoms with Crippen molar-refractivity contribution in [1.29, 1.82) is 0 Å². The van der Waals surface area contributed by atoms with Gasteiger partial charge in [-0.25, -0.2) is 8.42 Å². The largest absolute Gasteiger partial charge is 0.497 e. The molecule has 2 heterocycles. The van der Waals surface area contributed by atoms with Gasteiger partial charge in [0.2, 0.25) is 10.0 Å². The van der Waals surface area contributed by atoms with Crippen molar-refractivity contribution in [2.45, 2.75) is 37.2 Å². The molecule has 10 heteroatoms. The number of fused-ring (bicyclic) bond motifs is 1. The van der Waals surface area contributed by atoms with Gasteiger partial charge in [0.05, 0.1) is 22.2 Å². The predicted molar refractivity (Wildman–Crippen MR) is 133 cm³/mol. The summed E-state index contributed by atoms with van der Waals surface area (Å²) in [5.41, 5.74) is 1.96. The number of ether oxygens (including phenoxy) is 1. The second-order valence-electron chi connectivity index (χ2n) is 7.90. The molecule has 4 rings (SSSR count). The maximum absolute atomic E-state index is 13.3. The minimum absolute atomic E-state index is 0.205. The average molecular weight is 506 g/mol. The lowest BCUT2D eigenvalue weighted by Crippen LogP contribution is -2.40. The van der Waals surface area contributed by atoms with E-state index in [9.17, 15) is 13.2 Å². The molecule has 1 aliphatic heterocycles. The molecule has 1 unspecified atom stereocenters. The van der Waals surface area contributed by atoms with Crippen LogP contribution in [0, 0.1) is 6.92 Å². The predicted octanol–water partition coefficient (Wildman–Crippen LogP) is 3.66. The van der Waals surface area contributed by atoms with Crippen LogP contribution >= 0.6 is 23.1 Å². The molecule has 1 aromatic heterocycles. The summed E-state index contributed by atoms with van der Waals surface area (Å²) >= 11 is 3.13.